The van der Waals surface area contributed by atoms with E-state index in [4.69, 9.17) is 0 Å². The number of hydrogen-bond donors (Lipinski definition) is 4. The number of allylic oxidation sites excluding steroid dienone is 7. The number of hydrogen-bond acceptors (Lipinski definition) is 5. The summed E-state index contributed by atoms with van der Waals surface area (Å²) in [4.78, 5) is 14.7. The van der Waals surface area contributed by atoms with E-state index < -0.39 is 0 Å². The first-order valence-corrected chi connectivity index (χ1v) is 7.20. The molecule has 92 valence electrons. The van der Waals surface area contributed by atoms with E-state index in [0.717, 1.165) is 21.6 Å². The molecule has 0 aromatic heterocycles. The summed E-state index contributed by atoms with van der Waals surface area (Å²) < 4.78 is 0. The van der Waals surface area contributed by atoms with E-state index in [1.54, 1.807) is 0 Å². The van der Waals surface area contributed by atoms with Crippen LogP contribution in [0.1, 0.15) is 6.42 Å². The fraction of sp³-hybridized carbons (Fsp3) is 0.154. The first-order valence-electron chi connectivity index (χ1n) is 5.42. The Morgan fingerprint density at radius 2 is 1.72 bits per heavy atom. The number of carbonyl (C=O) groups is 1. The number of thiol groups is 4. The van der Waals surface area contributed by atoms with E-state index in [-0.39, 0.29) is 11.7 Å². The normalized spacial score (nSPS) is 26.8. The van der Waals surface area contributed by atoms with Crippen molar-refractivity contribution in [2.45, 2.75) is 6.42 Å². The Morgan fingerprint density at radius 3 is 2.44 bits per heavy atom. The van der Waals surface area contributed by atoms with Gasteiger partial charge in [0.15, 0.2) is 5.78 Å². The van der Waals surface area contributed by atoms with Crippen molar-refractivity contribution < 1.29 is 4.79 Å². The fourth-order valence-corrected chi connectivity index (χ4v) is 3.98. The van der Waals surface area contributed by atoms with Crippen LogP contribution in [0, 0.1) is 5.92 Å². The first-order chi connectivity index (χ1) is 8.52. The van der Waals surface area contributed by atoms with E-state index in [2.05, 4.69) is 50.5 Å². The fourth-order valence-electron chi connectivity index (χ4n) is 2.57. The van der Waals surface area contributed by atoms with Crippen LogP contribution in [0.2, 0.25) is 0 Å². The third kappa shape index (κ3) is 1.64. The van der Waals surface area contributed by atoms with Crippen LogP contribution in [-0.2, 0) is 4.79 Å². The highest BCUT2D eigenvalue weighted by atomic mass is 32.1. The molecule has 1 nitrogen and oxygen atoms in total. The summed E-state index contributed by atoms with van der Waals surface area (Å²) in [6, 6.07) is 0. The van der Waals surface area contributed by atoms with Crippen molar-refractivity contribution in [1.82, 2.24) is 0 Å². The molecule has 5 heteroatoms. The van der Waals surface area contributed by atoms with Crippen LogP contribution < -0.4 is 0 Å². The SMILES string of the molecule is O=C1CC2=CC=CC3=C(S)C(S)=C(S)C(=C1S)C23. The van der Waals surface area contributed by atoms with E-state index in [9.17, 15) is 4.79 Å². The Hall–Kier alpha value is -0.230. The van der Waals surface area contributed by atoms with Crippen molar-refractivity contribution in [1.29, 1.82) is 0 Å². The molecular weight excluding hydrogens is 300 g/mol. The van der Waals surface area contributed by atoms with Crippen molar-refractivity contribution in [3.63, 3.8) is 0 Å². The van der Waals surface area contributed by atoms with Gasteiger partial charge < -0.3 is 0 Å². The Balaban J connectivity index is 2.37. The predicted octanol–water partition coefficient (Wildman–Crippen LogP) is 3.52. The molecule has 0 N–H and O–H groups in total. The van der Waals surface area contributed by atoms with Crippen LogP contribution in [0.4, 0.5) is 0 Å². The summed E-state index contributed by atoms with van der Waals surface area (Å²) in [5.74, 6) is 0.108. The Morgan fingerprint density at radius 1 is 1.00 bits per heavy atom. The van der Waals surface area contributed by atoms with Gasteiger partial charge in [0.25, 0.3) is 0 Å². The van der Waals surface area contributed by atoms with Gasteiger partial charge in [-0.05, 0) is 11.1 Å². The van der Waals surface area contributed by atoms with Gasteiger partial charge in [0.2, 0.25) is 0 Å². The summed E-state index contributed by atoms with van der Waals surface area (Å²) in [5.41, 5.74) is 3.03. The number of Topliss-reactive ketones (excluding diaryl/α,β-unsaturated/α-hetero) is 1. The second kappa shape index (κ2) is 4.40. The molecule has 18 heavy (non-hydrogen) atoms. The lowest BCUT2D eigenvalue weighted by Crippen LogP contribution is -2.26. The summed E-state index contributed by atoms with van der Waals surface area (Å²) in [7, 11) is 0. The number of rotatable bonds is 0. The predicted molar refractivity (Wildman–Crippen MR) is 87.4 cm³/mol. The lowest BCUT2D eigenvalue weighted by Gasteiger charge is -2.36. The minimum Gasteiger partial charge on any atom is -0.293 e. The molecule has 0 saturated heterocycles. The molecule has 0 fully saturated rings. The zero-order valence-corrected chi connectivity index (χ0v) is 12.8. The average molecular weight is 310 g/mol. The van der Waals surface area contributed by atoms with Gasteiger partial charge in [-0.2, -0.15) is 0 Å². The monoisotopic (exact) mass is 310 g/mol. The molecule has 3 aliphatic carbocycles. The maximum atomic E-state index is 12.0. The molecule has 0 aromatic carbocycles. The largest absolute Gasteiger partial charge is 0.293 e. The van der Waals surface area contributed by atoms with Crippen LogP contribution in [0.3, 0.4) is 0 Å². The van der Waals surface area contributed by atoms with Crippen molar-refractivity contribution in [2.75, 3.05) is 0 Å². The zero-order valence-electron chi connectivity index (χ0n) is 9.21. The quantitative estimate of drug-likeness (QED) is 0.504. The standard InChI is InChI=1S/C13H10OS4/c14-7-4-5-2-1-3-6-8(5)9(11(7)16)12(17)13(18)10(6)15/h1-3,8,15-18H,4H2. The van der Waals surface area contributed by atoms with Crippen LogP contribution in [0.5, 0.6) is 0 Å². The highest BCUT2D eigenvalue weighted by molar-refractivity contribution is 7.92. The molecule has 0 amide bonds. The maximum Gasteiger partial charge on any atom is 0.173 e. The van der Waals surface area contributed by atoms with Crippen molar-refractivity contribution in [3.8, 4) is 0 Å². The van der Waals surface area contributed by atoms with Gasteiger partial charge in [0, 0.05) is 27.1 Å². The summed E-state index contributed by atoms with van der Waals surface area (Å²) in [6.07, 6.45) is 6.39. The molecule has 0 aromatic rings. The zero-order chi connectivity index (χ0) is 13.0. The van der Waals surface area contributed by atoms with Gasteiger partial charge in [-0.3, -0.25) is 4.79 Å². The van der Waals surface area contributed by atoms with Gasteiger partial charge in [-0.25, -0.2) is 0 Å². The molecule has 0 bridgehead atoms. The number of carbonyl (C=O) groups excluding carboxylic acids is 1. The third-order valence-corrected chi connectivity index (χ3v) is 5.65. The molecule has 3 aliphatic rings. The van der Waals surface area contributed by atoms with Gasteiger partial charge in [-0.1, -0.05) is 23.8 Å². The van der Waals surface area contributed by atoms with E-state index >= 15 is 0 Å². The van der Waals surface area contributed by atoms with E-state index in [1.807, 2.05) is 18.2 Å². The lowest BCUT2D eigenvalue weighted by atomic mass is 9.73. The van der Waals surface area contributed by atoms with Crippen molar-refractivity contribution in [2.24, 2.45) is 5.92 Å². The smallest absolute Gasteiger partial charge is 0.173 e. The Labute approximate surface area is 127 Å². The molecular formula is C13H10OS4. The highest BCUT2D eigenvalue weighted by Crippen LogP contribution is 2.52. The van der Waals surface area contributed by atoms with Crippen LogP contribution in [0.25, 0.3) is 0 Å². The Kier molecular flexibility index (Phi) is 3.13. The lowest BCUT2D eigenvalue weighted by molar-refractivity contribution is -0.114. The van der Waals surface area contributed by atoms with Gasteiger partial charge in [0.05, 0.1) is 4.91 Å². The molecule has 0 spiro atoms. The van der Waals surface area contributed by atoms with Gasteiger partial charge in [-0.15, -0.1) is 50.5 Å². The van der Waals surface area contributed by atoms with Crippen LogP contribution >= 0.6 is 50.5 Å². The number of ketones is 1. The van der Waals surface area contributed by atoms with Crippen molar-refractivity contribution in [3.05, 3.63) is 54.6 Å². The topological polar surface area (TPSA) is 17.1 Å². The molecule has 0 heterocycles. The molecule has 1 unspecified atom stereocenters. The summed E-state index contributed by atoms with van der Waals surface area (Å²) in [6.45, 7) is 0. The van der Waals surface area contributed by atoms with Crippen LogP contribution in [0.15, 0.2) is 54.6 Å². The summed E-state index contributed by atoms with van der Waals surface area (Å²) >= 11 is 17.8. The highest BCUT2D eigenvalue weighted by Gasteiger charge is 2.38. The third-order valence-electron chi connectivity index (χ3n) is 3.42. The van der Waals surface area contributed by atoms with E-state index in [1.165, 1.54) is 0 Å². The molecule has 0 aliphatic heterocycles. The minimum atomic E-state index is 0.0424. The first kappa shape index (κ1) is 12.8. The molecule has 3 rings (SSSR count). The molecule has 1 atom stereocenters. The second-order valence-electron chi connectivity index (χ2n) is 4.40. The van der Waals surface area contributed by atoms with E-state index in [0.29, 0.717) is 21.1 Å². The molecule has 0 radical (unpaired) electrons. The second-order valence-corrected chi connectivity index (χ2v) is 6.19. The molecule has 0 saturated carbocycles. The summed E-state index contributed by atoms with van der Waals surface area (Å²) in [5, 5.41) is 0. The van der Waals surface area contributed by atoms with Gasteiger partial charge in [0.1, 0.15) is 0 Å². The van der Waals surface area contributed by atoms with Gasteiger partial charge >= 0.3 is 0 Å². The van der Waals surface area contributed by atoms with Crippen molar-refractivity contribution >= 4 is 56.3 Å². The Bertz CT molecular complexity index is 631. The maximum absolute atomic E-state index is 12.0. The minimum absolute atomic E-state index is 0.0424. The van der Waals surface area contributed by atoms with Crippen LogP contribution in [-0.4, -0.2) is 5.78 Å². The average Bonchev–Trinajstić information content (AvgIpc) is 2.36.